The lowest BCUT2D eigenvalue weighted by Crippen LogP contribution is -2.06. The van der Waals surface area contributed by atoms with Crippen LogP contribution in [0.15, 0.2) is 40.9 Å². The van der Waals surface area contributed by atoms with Crippen LogP contribution in [0.1, 0.15) is 11.5 Å². The Morgan fingerprint density at radius 1 is 1.14 bits per heavy atom. The van der Waals surface area contributed by atoms with Crippen molar-refractivity contribution in [3.63, 3.8) is 0 Å². The molecule has 9 heteroatoms. The molecular weight excluding hydrogens is 386 g/mol. The predicted octanol–water partition coefficient (Wildman–Crippen LogP) is 4.94. The number of benzene rings is 2. The van der Waals surface area contributed by atoms with Crippen molar-refractivity contribution in [2.45, 2.75) is 13.8 Å². The third kappa shape index (κ3) is 2.78. The molecule has 0 aliphatic rings. The maximum Gasteiger partial charge on any atom is 0.511 e. The van der Waals surface area contributed by atoms with Crippen LogP contribution in [0.2, 0.25) is 0 Å². The highest BCUT2D eigenvalue weighted by atomic mass is 19.2. The van der Waals surface area contributed by atoms with Crippen molar-refractivity contribution >= 4 is 17.1 Å². The summed E-state index contributed by atoms with van der Waals surface area (Å²) in [5.74, 6) is -3.31. The second-order valence-electron chi connectivity index (χ2n) is 6.33. The molecule has 0 bridgehead atoms. The van der Waals surface area contributed by atoms with Gasteiger partial charge in [0.15, 0.2) is 17.3 Å². The highest BCUT2D eigenvalue weighted by Gasteiger charge is 2.29. The van der Waals surface area contributed by atoms with Gasteiger partial charge < -0.3 is 24.0 Å². The van der Waals surface area contributed by atoms with Crippen LogP contribution in [-0.2, 0) is 0 Å². The number of halogens is 2. The number of carbonyl (C=O) groups is 1. The van der Waals surface area contributed by atoms with E-state index in [1.165, 1.54) is 10.6 Å². The first-order valence-electron chi connectivity index (χ1n) is 8.46. The lowest BCUT2D eigenvalue weighted by molar-refractivity contribution is 0.145. The molecule has 0 aliphatic heterocycles. The zero-order valence-corrected chi connectivity index (χ0v) is 15.2. The van der Waals surface area contributed by atoms with E-state index in [9.17, 15) is 23.8 Å². The molecular formula is C20H14F2N2O5. The Kier molecular flexibility index (Phi) is 4.22. The molecule has 0 unspecified atom stereocenters. The first-order valence-corrected chi connectivity index (χ1v) is 8.46. The van der Waals surface area contributed by atoms with E-state index >= 15 is 0 Å². The summed E-state index contributed by atoms with van der Waals surface area (Å²) in [5, 5.41) is 23.0. The Morgan fingerprint density at radius 3 is 2.52 bits per heavy atom. The van der Waals surface area contributed by atoms with Crippen LogP contribution in [0.25, 0.3) is 27.8 Å². The highest BCUT2D eigenvalue weighted by Crippen LogP contribution is 2.45. The van der Waals surface area contributed by atoms with Crippen molar-refractivity contribution in [3.8, 4) is 28.4 Å². The largest absolute Gasteiger partial charge is 0.511 e. The van der Waals surface area contributed by atoms with Crippen molar-refractivity contribution in [1.29, 1.82) is 0 Å². The fourth-order valence-corrected chi connectivity index (χ4v) is 3.40. The Balaban J connectivity index is 2.21. The molecule has 0 amide bonds. The number of ether oxygens (including phenoxy) is 1. The summed E-state index contributed by atoms with van der Waals surface area (Å²) in [5.41, 5.74) is 1.04. The number of aromatic hydroxyl groups is 1. The quantitative estimate of drug-likeness (QED) is 0.473. The van der Waals surface area contributed by atoms with Gasteiger partial charge in [-0.05, 0) is 38.1 Å². The SMILES string of the molecule is Cc1noc(C)c1-c1c(OC(=O)O)c2ccccc2n1-c1ccc(O)c(F)c1F. The number of rotatable bonds is 3. The number of aromatic nitrogens is 2. The van der Waals surface area contributed by atoms with Crippen LogP contribution in [0.3, 0.4) is 0 Å². The van der Waals surface area contributed by atoms with E-state index in [0.717, 1.165) is 6.07 Å². The number of phenolic OH excluding ortho intramolecular Hbond substituents is 1. The Labute approximate surface area is 162 Å². The Morgan fingerprint density at radius 2 is 1.86 bits per heavy atom. The van der Waals surface area contributed by atoms with Crippen LogP contribution >= 0.6 is 0 Å². The van der Waals surface area contributed by atoms with Crippen LogP contribution in [0.4, 0.5) is 13.6 Å². The van der Waals surface area contributed by atoms with Crippen molar-refractivity contribution in [2.75, 3.05) is 0 Å². The zero-order chi connectivity index (χ0) is 20.9. The van der Waals surface area contributed by atoms with E-state index in [1.54, 1.807) is 38.1 Å². The van der Waals surface area contributed by atoms with Crippen molar-refractivity contribution in [1.82, 2.24) is 9.72 Å². The highest BCUT2D eigenvalue weighted by molar-refractivity contribution is 5.99. The van der Waals surface area contributed by atoms with E-state index in [0.29, 0.717) is 27.9 Å². The molecule has 0 spiro atoms. The van der Waals surface area contributed by atoms with Gasteiger partial charge in [0, 0.05) is 5.39 Å². The molecule has 0 aliphatic carbocycles. The molecule has 0 radical (unpaired) electrons. The van der Waals surface area contributed by atoms with Crippen LogP contribution in [0, 0.1) is 25.5 Å². The Hall–Kier alpha value is -3.88. The zero-order valence-electron chi connectivity index (χ0n) is 15.2. The van der Waals surface area contributed by atoms with Gasteiger partial charge in [-0.3, -0.25) is 0 Å². The molecule has 2 N–H and O–H groups in total. The molecule has 0 saturated carbocycles. The summed E-state index contributed by atoms with van der Waals surface area (Å²) in [6, 6.07) is 8.72. The van der Waals surface area contributed by atoms with E-state index in [-0.39, 0.29) is 17.1 Å². The summed E-state index contributed by atoms with van der Waals surface area (Å²) < 4.78 is 40.5. The molecule has 29 heavy (non-hydrogen) atoms. The lowest BCUT2D eigenvalue weighted by Gasteiger charge is -2.13. The smallest absolute Gasteiger partial charge is 0.505 e. The average molecular weight is 400 g/mol. The topological polar surface area (TPSA) is 97.7 Å². The number of phenols is 1. The summed E-state index contributed by atoms with van der Waals surface area (Å²) in [6.45, 7) is 3.24. The minimum atomic E-state index is -1.57. The molecule has 2 aromatic heterocycles. The van der Waals surface area contributed by atoms with Gasteiger partial charge in [-0.1, -0.05) is 17.3 Å². The van der Waals surface area contributed by atoms with Gasteiger partial charge in [0.1, 0.15) is 11.5 Å². The van der Waals surface area contributed by atoms with Crippen LogP contribution < -0.4 is 4.74 Å². The molecule has 7 nitrogen and oxygen atoms in total. The number of fused-ring (bicyclic) bond motifs is 1. The normalized spacial score (nSPS) is 11.2. The maximum absolute atomic E-state index is 14.8. The summed E-state index contributed by atoms with van der Waals surface area (Å²) in [7, 11) is 0. The summed E-state index contributed by atoms with van der Waals surface area (Å²) >= 11 is 0. The van der Waals surface area contributed by atoms with Crippen molar-refractivity contribution in [3.05, 3.63) is 59.5 Å². The monoisotopic (exact) mass is 400 g/mol. The molecule has 148 valence electrons. The standard InChI is InChI=1S/C20H14F2N2O5/c1-9-15(10(2)29-23-9)18-19(28-20(26)27)11-5-3-4-6-12(11)24(18)13-7-8-14(25)17(22)16(13)21/h3-8,25H,1-2H3,(H,26,27). The summed E-state index contributed by atoms with van der Waals surface area (Å²) in [6.07, 6.45) is -1.57. The van der Waals surface area contributed by atoms with Gasteiger partial charge in [-0.25, -0.2) is 9.18 Å². The fraction of sp³-hybridized carbons (Fsp3) is 0.100. The molecule has 4 rings (SSSR count). The molecule has 0 atom stereocenters. The average Bonchev–Trinajstić information content (AvgIpc) is 3.17. The summed E-state index contributed by atoms with van der Waals surface area (Å²) in [4.78, 5) is 11.4. The number of nitrogens with zero attached hydrogens (tertiary/aromatic N) is 2. The van der Waals surface area contributed by atoms with E-state index in [4.69, 9.17) is 9.26 Å². The van der Waals surface area contributed by atoms with Gasteiger partial charge >= 0.3 is 6.16 Å². The van der Waals surface area contributed by atoms with Gasteiger partial charge in [-0.2, -0.15) is 4.39 Å². The molecule has 4 aromatic rings. The number of aryl methyl sites for hydroxylation is 2. The van der Waals surface area contributed by atoms with Crippen LogP contribution in [0.5, 0.6) is 11.5 Å². The minimum absolute atomic E-state index is 0.0737. The number of carboxylic acid groups (broad SMARTS) is 1. The maximum atomic E-state index is 14.8. The third-order valence-corrected chi connectivity index (χ3v) is 4.57. The van der Waals surface area contributed by atoms with E-state index < -0.39 is 23.5 Å². The second kappa shape index (κ2) is 6.62. The van der Waals surface area contributed by atoms with Gasteiger partial charge in [0.25, 0.3) is 0 Å². The first-order chi connectivity index (χ1) is 13.8. The second-order valence-corrected chi connectivity index (χ2v) is 6.33. The lowest BCUT2D eigenvalue weighted by atomic mass is 10.1. The van der Waals surface area contributed by atoms with E-state index in [1.807, 2.05) is 0 Å². The number of hydrogen-bond donors (Lipinski definition) is 2. The van der Waals surface area contributed by atoms with Crippen molar-refractivity contribution in [2.24, 2.45) is 0 Å². The van der Waals surface area contributed by atoms with Gasteiger partial charge in [0.05, 0.1) is 22.5 Å². The number of para-hydroxylation sites is 1. The molecule has 2 heterocycles. The van der Waals surface area contributed by atoms with Gasteiger partial charge in [0.2, 0.25) is 5.82 Å². The first kappa shape index (κ1) is 18.5. The van der Waals surface area contributed by atoms with E-state index in [2.05, 4.69) is 5.16 Å². The van der Waals surface area contributed by atoms with Crippen molar-refractivity contribution < 1.29 is 33.0 Å². The molecule has 2 aromatic carbocycles. The minimum Gasteiger partial charge on any atom is -0.505 e. The third-order valence-electron chi connectivity index (χ3n) is 4.57. The van der Waals surface area contributed by atoms with Gasteiger partial charge in [-0.15, -0.1) is 0 Å². The van der Waals surface area contributed by atoms with Crippen LogP contribution in [-0.4, -0.2) is 26.1 Å². The number of hydrogen-bond acceptors (Lipinski definition) is 5. The molecule has 0 fully saturated rings. The Bertz CT molecular complexity index is 1260. The molecule has 0 saturated heterocycles. The fourth-order valence-electron chi connectivity index (χ4n) is 3.40. The predicted molar refractivity (Wildman–Crippen MR) is 98.5 cm³/mol.